The first-order valence-corrected chi connectivity index (χ1v) is 15.0. The van der Waals surface area contributed by atoms with Gasteiger partial charge in [0.05, 0.1) is 20.2 Å². The Balaban J connectivity index is 2.45. The number of methoxy groups -OCH3 is 1. The summed E-state index contributed by atoms with van der Waals surface area (Å²) in [7, 11) is -2.55. The van der Waals surface area contributed by atoms with Crippen LogP contribution in [0.15, 0.2) is 53.0 Å². The molecule has 1 amide bonds. The number of benzene rings is 2. The average Bonchev–Trinajstić information content (AvgIpc) is 2.86. The maximum atomic E-state index is 13.9. The van der Waals surface area contributed by atoms with E-state index >= 15 is 0 Å². The first-order chi connectivity index (χ1) is 17.6. The van der Waals surface area contributed by atoms with E-state index < -0.39 is 32.2 Å². The predicted molar refractivity (Wildman–Crippen MR) is 150 cm³/mol. The lowest BCUT2D eigenvalue weighted by Crippen LogP contribution is -2.68. The number of aliphatic hydroxyl groups excluding tert-OH is 1. The SMILES string of the molecule is CCC[N+](CCC)(C(Cc1cccc(Br)c1)C(O)CNCc1cccc(OC)c1)S(=O)(=O)NC(=O)CC. The number of aliphatic hydroxyl groups is 1. The van der Waals surface area contributed by atoms with Crippen LogP contribution in [0.4, 0.5) is 0 Å². The highest BCUT2D eigenvalue weighted by atomic mass is 79.9. The summed E-state index contributed by atoms with van der Waals surface area (Å²) in [4.78, 5) is 12.3. The number of nitrogens with one attached hydrogen (secondary N) is 2. The van der Waals surface area contributed by atoms with Crippen LogP contribution in [0.5, 0.6) is 5.75 Å². The molecule has 0 heterocycles. The largest absolute Gasteiger partial charge is 0.497 e. The minimum Gasteiger partial charge on any atom is -0.497 e. The Bertz CT molecular complexity index is 1110. The Morgan fingerprint density at radius 2 is 1.70 bits per heavy atom. The van der Waals surface area contributed by atoms with Gasteiger partial charge in [-0.25, -0.2) is 4.72 Å². The Labute approximate surface area is 230 Å². The molecule has 8 nitrogen and oxygen atoms in total. The van der Waals surface area contributed by atoms with Crippen molar-refractivity contribution in [1.82, 2.24) is 10.0 Å². The average molecular weight is 600 g/mol. The van der Waals surface area contributed by atoms with Gasteiger partial charge in [-0.15, -0.1) is 0 Å². The third kappa shape index (κ3) is 8.51. The standard InChI is InChI=1S/C27H40BrN3O5S/c1-5-14-31(15-6-2,37(34,35)30-27(33)7-3)25(18-21-10-8-12-23(28)16-21)26(32)20-29-19-22-11-9-13-24(17-22)36-4/h8-13,16-17,25-26,29,32H,5-7,14-15,18-20H2,1-4H3/p+1. The van der Waals surface area contributed by atoms with Gasteiger partial charge in [-0.3, -0.25) is 4.79 Å². The zero-order valence-electron chi connectivity index (χ0n) is 22.2. The van der Waals surface area contributed by atoms with Crippen molar-refractivity contribution in [2.75, 3.05) is 26.7 Å². The highest BCUT2D eigenvalue weighted by Gasteiger charge is 2.51. The third-order valence-electron chi connectivity index (χ3n) is 6.45. The fraction of sp³-hybridized carbons (Fsp3) is 0.519. The van der Waals surface area contributed by atoms with Gasteiger partial charge in [-0.2, -0.15) is 12.3 Å². The summed E-state index contributed by atoms with van der Waals surface area (Å²) in [6, 6.07) is 14.6. The van der Waals surface area contributed by atoms with Crippen molar-refractivity contribution in [2.24, 2.45) is 0 Å². The molecule has 0 aliphatic carbocycles. The van der Waals surface area contributed by atoms with E-state index in [2.05, 4.69) is 26.0 Å². The quantitative estimate of drug-likeness (QED) is 0.253. The van der Waals surface area contributed by atoms with E-state index in [0.29, 0.717) is 25.8 Å². The number of rotatable bonds is 16. The first-order valence-electron chi connectivity index (χ1n) is 12.8. The summed E-state index contributed by atoms with van der Waals surface area (Å²) in [5, 5.41) is 14.9. The van der Waals surface area contributed by atoms with Crippen molar-refractivity contribution in [1.29, 1.82) is 0 Å². The fourth-order valence-corrected chi connectivity index (χ4v) is 7.21. The van der Waals surface area contributed by atoms with Gasteiger partial charge in [0.25, 0.3) is 0 Å². The first kappa shape index (κ1) is 31.2. The van der Waals surface area contributed by atoms with Crippen LogP contribution in [0, 0.1) is 0 Å². The smallest absolute Gasteiger partial charge is 0.396 e. The maximum Gasteiger partial charge on any atom is 0.396 e. The van der Waals surface area contributed by atoms with E-state index in [9.17, 15) is 18.3 Å². The molecular formula is C27H41BrN3O5S+. The molecule has 37 heavy (non-hydrogen) atoms. The molecule has 2 aromatic carbocycles. The minimum atomic E-state index is -4.16. The van der Waals surface area contributed by atoms with Crippen molar-refractivity contribution in [3.05, 3.63) is 64.1 Å². The van der Waals surface area contributed by atoms with Crippen LogP contribution in [0.3, 0.4) is 0 Å². The number of carbonyl (C=O) groups excluding carboxylic acids is 1. The monoisotopic (exact) mass is 598 g/mol. The number of halogens is 1. The number of hydrogen-bond donors (Lipinski definition) is 3. The summed E-state index contributed by atoms with van der Waals surface area (Å²) in [6.45, 7) is 6.67. The minimum absolute atomic E-state index is 0.0540. The number of carbonyl (C=O) groups is 1. The molecule has 2 atom stereocenters. The Morgan fingerprint density at radius 3 is 2.30 bits per heavy atom. The van der Waals surface area contributed by atoms with Crippen LogP contribution >= 0.6 is 15.9 Å². The number of amides is 1. The molecule has 0 spiro atoms. The van der Waals surface area contributed by atoms with E-state index in [1.165, 1.54) is 0 Å². The predicted octanol–water partition coefficient (Wildman–Crippen LogP) is 3.93. The molecular weight excluding hydrogens is 558 g/mol. The maximum absolute atomic E-state index is 13.9. The second kappa shape index (κ2) is 14.8. The van der Waals surface area contributed by atoms with Crippen LogP contribution in [0.25, 0.3) is 0 Å². The summed E-state index contributed by atoms with van der Waals surface area (Å²) in [5.74, 6) is 0.188. The zero-order chi connectivity index (χ0) is 27.5. The van der Waals surface area contributed by atoms with Gasteiger partial charge in [0.1, 0.15) is 17.9 Å². The molecule has 0 bridgehead atoms. The number of hydrogen-bond acceptors (Lipinski definition) is 6. The molecule has 0 fully saturated rings. The molecule has 2 aromatic rings. The molecule has 0 aliphatic rings. The van der Waals surface area contributed by atoms with Crippen molar-refractivity contribution in [3.8, 4) is 5.75 Å². The lowest BCUT2D eigenvalue weighted by atomic mass is 9.98. The van der Waals surface area contributed by atoms with Gasteiger partial charge in [0.15, 0.2) is 0 Å². The van der Waals surface area contributed by atoms with Crippen LogP contribution in [-0.4, -0.2) is 62.2 Å². The lowest BCUT2D eigenvalue weighted by molar-refractivity contribution is -0.838. The van der Waals surface area contributed by atoms with E-state index in [1.807, 2.05) is 62.4 Å². The third-order valence-corrected chi connectivity index (χ3v) is 9.02. The van der Waals surface area contributed by atoms with Crippen LogP contribution in [-0.2, 0) is 28.0 Å². The fourth-order valence-electron chi connectivity index (χ4n) is 4.73. The normalized spacial score (nSPS) is 13.7. The lowest BCUT2D eigenvalue weighted by Gasteiger charge is -2.44. The van der Waals surface area contributed by atoms with E-state index in [0.717, 1.165) is 21.3 Å². The summed E-state index contributed by atoms with van der Waals surface area (Å²) in [6.07, 6.45) is 0.512. The van der Waals surface area contributed by atoms with Crippen molar-refractivity contribution < 1.29 is 26.9 Å². The number of nitrogens with zero attached hydrogens (tertiary/aromatic N) is 1. The van der Waals surface area contributed by atoms with Gasteiger partial charge in [0.2, 0.25) is 5.91 Å². The summed E-state index contributed by atoms with van der Waals surface area (Å²) < 4.78 is 35.8. The molecule has 0 saturated carbocycles. The Morgan fingerprint density at radius 1 is 1.05 bits per heavy atom. The zero-order valence-corrected chi connectivity index (χ0v) is 24.6. The van der Waals surface area contributed by atoms with Gasteiger partial charge in [-0.05, 0) is 48.2 Å². The van der Waals surface area contributed by atoms with Crippen molar-refractivity contribution in [3.63, 3.8) is 0 Å². The number of ether oxygens (including phenoxy) is 1. The molecule has 2 rings (SSSR count). The van der Waals surface area contributed by atoms with Crippen molar-refractivity contribution in [2.45, 2.75) is 65.1 Å². The van der Waals surface area contributed by atoms with Gasteiger partial charge in [-0.1, -0.05) is 61.0 Å². The second-order valence-electron chi connectivity index (χ2n) is 9.20. The van der Waals surface area contributed by atoms with Crippen LogP contribution in [0.2, 0.25) is 0 Å². The van der Waals surface area contributed by atoms with Crippen molar-refractivity contribution >= 4 is 32.0 Å². The molecule has 0 saturated heterocycles. The van der Waals surface area contributed by atoms with Crippen LogP contribution < -0.4 is 14.8 Å². The molecule has 0 aliphatic heterocycles. The molecule has 0 radical (unpaired) electrons. The number of quaternary nitrogens is 1. The molecule has 10 heteroatoms. The highest BCUT2D eigenvalue weighted by Crippen LogP contribution is 2.28. The van der Waals surface area contributed by atoms with Gasteiger partial charge in [0, 0.05) is 30.4 Å². The van der Waals surface area contributed by atoms with E-state index in [4.69, 9.17) is 4.74 Å². The summed E-state index contributed by atoms with van der Waals surface area (Å²) in [5.41, 5.74) is 1.89. The van der Waals surface area contributed by atoms with Gasteiger partial charge < -0.3 is 15.2 Å². The summed E-state index contributed by atoms with van der Waals surface area (Å²) >= 11 is 3.50. The molecule has 206 valence electrons. The van der Waals surface area contributed by atoms with E-state index in [1.54, 1.807) is 14.0 Å². The Kier molecular flexibility index (Phi) is 12.5. The highest BCUT2D eigenvalue weighted by molar-refractivity contribution is 9.10. The second-order valence-corrected chi connectivity index (χ2v) is 12.0. The Hall–Kier alpha value is -1.98. The van der Waals surface area contributed by atoms with Gasteiger partial charge >= 0.3 is 10.2 Å². The molecule has 0 aromatic heterocycles. The topological polar surface area (TPSA) is 105 Å². The van der Waals surface area contributed by atoms with E-state index in [-0.39, 0.29) is 26.1 Å². The molecule has 2 unspecified atom stereocenters. The van der Waals surface area contributed by atoms with Crippen LogP contribution in [0.1, 0.15) is 51.2 Å². The molecule has 3 N–H and O–H groups in total.